The summed E-state index contributed by atoms with van der Waals surface area (Å²) >= 11 is 0. The van der Waals surface area contributed by atoms with Gasteiger partial charge < -0.3 is 5.32 Å². The topological polar surface area (TPSA) is 59.8 Å². The van der Waals surface area contributed by atoms with E-state index in [0.717, 1.165) is 0 Å². The Labute approximate surface area is 99.5 Å². The number of nitrogens with one attached hydrogen (secondary N) is 1. The van der Waals surface area contributed by atoms with E-state index in [2.05, 4.69) is 15.4 Å². The Morgan fingerprint density at radius 3 is 2.94 bits per heavy atom. The third-order valence-electron chi connectivity index (χ3n) is 2.30. The van der Waals surface area contributed by atoms with Crippen LogP contribution in [0, 0.1) is 0 Å². The Morgan fingerprint density at radius 2 is 2.29 bits per heavy atom. The normalized spacial score (nSPS) is 12.1. The highest BCUT2D eigenvalue weighted by Gasteiger charge is 2.10. The van der Waals surface area contributed by atoms with Crippen molar-refractivity contribution in [3.63, 3.8) is 0 Å². The van der Waals surface area contributed by atoms with Crippen molar-refractivity contribution in [1.82, 2.24) is 20.1 Å². The number of nitrogens with zero attached hydrogens (tertiary/aromatic N) is 3. The minimum absolute atomic E-state index is 0.00408. The summed E-state index contributed by atoms with van der Waals surface area (Å²) in [6.45, 7) is 2.58. The van der Waals surface area contributed by atoms with Gasteiger partial charge >= 0.3 is 0 Å². The van der Waals surface area contributed by atoms with E-state index in [1.54, 1.807) is 35.3 Å². The maximum Gasteiger partial charge on any atom is 0.270 e. The van der Waals surface area contributed by atoms with Crippen LogP contribution in [-0.2, 0) is 6.54 Å². The number of hydrogen-bond donors (Lipinski definition) is 1. The fourth-order valence-corrected chi connectivity index (χ4v) is 1.53. The van der Waals surface area contributed by atoms with Crippen molar-refractivity contribution in [3.05, 3.63) is 48.5 Å². The first-order valence-electron chi connectivity index (χ1n) is 5.45. The quantitative estimate of drug-likeness (QED) is 0.855. The molecule has 1 amide bonds. The Morgan fingerprint density at radius 1 is 1.41 bits per heavy atom. The molecule has 0 aliphatic carbocycles. The standard InChI is InChI=1S/C12H14N4O/c1-10(9-16-8-4-7-14-16)15-12(17)11-5-2-3-6-13-11/h2-8,10H,9H2,1H3,(H,15,17)/t10-/m1/s1. The summed E-state index contributed by atoms with van der Waals surface area (Å²) in [5.41, 5.74) is 0.430. The first-order valence-corrected chi connectivity index (χ1v) is 5.45. The summed E-state index contributed by atoms with van der Waals surface area (Å²) in [7, 11) is 0. The predicted octanol–water partition coefficient (Wildman–Crippen LogP) is 1.10. The van der Waals surface area contributed by atoms with Gasteiger partial charge in [0.15, 0.2) is 0 Å². The molecular weight excluding hydrogens is 216 g/mol. The zero-order valence-corrected chi connectivity index (χ0v) is 9.58. The van der Waals surface area contributed by atoms with E-state index in [1.807, 2.05) is 19.2 Å². The molecule has 1 N–H and O–H groups in total. The van der Waals surface area contributed by atoms with Gasteiger partial charge in [-0.15, -0.1) is 0 Å². The summed E-state index contributed by atoms with van der Waals surface area (Å²) in [6, 6.07) is 7.12. The average molecular weight is 230 g/mol. The number of amides is 1. The van der Waals surface area contributed by atoms with Gasteiger partial charge in [-0.3, -0.25) is 14.5 Å². The van der Waals surface area contributed by atoms with Gasteiger partial charge in [0.1, 0.15) is 5.69 Å². The monoisotopic (exact) mass is 230 g/mol. The molecule has 0 unspecified atom stereocenters. The van der Waals surface area contributed by atoms with Crippen LogP contribution in [0.2, 0.25) is 0 Å². The van der Waals surface area contributed by atoms with E-state index in [4.69, 9.17) is 0 Å². The van der Waals surface area contributed by atoms with Crippen LogP contribution in [0.5, 0.6) is 0 Å². The highest BCUT2D eigenvalue weighted by molar-refractivity contribution is 5.92. The van der Waals surface area contributed by atoms with Crippen LogP contribution < -0.4 is 5.32 Å². The lowest BCUT2D eigenvalue weighted by atomic mass is 10.3. The fraction of sp³-hybridized carbons (Fsp3) is 0.250. The second kappa shape index (κ2) is 5.25. The second-order valence-corrected chi connectivity index (χ2v) is 3.82. The van der Waals surface area contributed by atoms with E-state index in [-0.39, 0.29) is 11.9 Å². The Kier molecular flexibility index (Phi) is 3.49. The van der Waals surface area contributed by atoms with Crippen LogP contribution >= 0.6 is 0 Å². The summed E-state index contributed by atoms with van der Waals surface area (Å²) in [5, 5.41) is 6.96. The number of hydrogen-bond acceptors (Lipinski definition) is 3. The van der Waals surface area contributed by atoms with Crippen molar-refractivity contribution in [2.45, 2.75) is 19.5 Å². The molecule has 0 bridgehead atoms. The predicted molar refractivity (Wildman–Crippen MR) is 63.4 cm³/mol. The Hall–Kier alpha value is -2.17. The maximum atomic E-state index is 11.8. The van der Waals surface area contributed by atoms with Crippen LogP contribution in [0.15, 0.2) is 42.9 Å². The largest absolute Gasteiger partial charge is 0.346 e. The Bertz CT molecular complexity index is 467. The van der Waals surface area contributed by atoms with E-state index < -0.39 is 0 Å². The molecule has 0 saturated heterocycles. The molecule has 0 aromatic carbocycles. The molecule has 2 aromatic rings. The lowest BCUT2D eigenvalue weighted by Gasteiger charge is -2.13. The van der Waals surface area contributed by atoms with Gasteiger partial charge in [0.05, 0.1) is 6.54 Å². The van der Waals surface area contributed by atoms with Gasteiger partial charge in [0.2, 0.25) is 0 Å². The van der Waals surface area contributed by atoms with Crippen LogP contribution in [0.1, 0.15) is 17.4 Å². The molecule has 17 heavy (non-hydrogen) atoms. The second-order valence-electron chi connectivity index (χ2n) is 3.82. The third kappa shape index (κ3) is 3.14. The molecule has 0 spiro atoms. The minimum Gasteiger partial charge on any atom is -0.346 e. The lowest BCUT2D eigenvalue weighted by Crippen LogP contribution is -2.36. The first kappa shape index (κ1) is 11.3. The van der Waals surface area contributed by atoms with Gasteiger partial charge in [0, 0.05) is 24.6 Å². The van der Waals surface area contributed by atoms with Gasteiger partial charge in [0.25, 0.3) is 5.91 Å². The van der Waals surface area contributed by atoms with Crippen molar-refractivity contribution in [1.29, 1.82) is 0 Å². The van der Waals surface area contributed by atoms with Gasteiger partial charge in [-0.2, -0.15) is 5.10 Å². The summed E-state index contributed by atoms with van der Waals surface area (Å²) < 4.78 is 1.78. The summed E-state index contributed by atoms with van der Waals surface area (Å²) in [5.74, 6) is -0.162. The highest BCUT2D eigenvalue weighted by Crippen LogP contribution is 1.96. The van der Waals surface area contributed by atoms with E-state index >= 15 is 0 Å². The van der Waals surface area contributed by atoms with Crippen LogP contribution in [-0.4, -0.2) is 26.7 Å². The van der Waals surface area contributed by atoms with Crippen molar-refractivity contribution < 1.29 is 4.79 Å². The van der Waals surface area contributed by atoms with Crippen molar-refractivity contribution in [2.24, 2.45) is 0 Å². The molecule has 2 rings (SSSR count). The van der Waals surface area contributed by atoms with Gasteiger partial charge in [-0.05, 0) is 25.1 Å². The smallest absolute Gasteiger partial charge is 0.270 e. The third-order valence-corrected chi connectivity index (χ3v) is 2.30. The van der Waals surface area contributed by atoms with Crippen molar-refractivity contribution in [2.75, 3.05) is 0 Å². The van der Waals surface area contributed by atoms with Crippen LogP contribution in [0.25, 0.3) is 0 Å². The number of pyridine rings is 1. The van der Waals surface area contributed by atoms with E-state index in [0.29, 0.717) is 12.2 Å². The summed E-state index contributed by atoms with van der Waals surface area (Å²) in [4.78, 5) is 15.8. The van der Waals surface area contributed by atoms with Crippen LogP contribution in [0.3, 0.4) is 0 Å². The number of carbonyl (C=O) groups is 1. The molecular formula is C12H14N4O. The van der Waals surface area contributed by atoms with Crippen molar-refractivity contribution in [3.8, 4) is 0 Å². The molecule has 88 valence electrons. The van der Waals surface area contributed by atoms with E-state index in [1.165, 1.54) is 0 Å². The molecule has 0 aliphatic rings. The first-order chi connectivity index (χ1) is 8.25. The minimum atomic E-state index is -0.162. The molecule has 2 heterocycles. The molecule has 0 fully saturated rings. The summed E-state index contributed by atoms with van der Waals surface area (Å²) in [6.07, 6.45) is 5.18. The maximum absolute atomic E-state index is 11.8. The van der Waals surface area contributed by atoms with Crippen LogP contribution in [0.4, 0.5) is 0 Å². The fourth-order valence-electron chi connectivity index (χ4n) is 1.53. The van der Waals surface area contributed by atoms with Crippen molar-refractivity contribution >= 4 is 5.91 Å². The molecule has 0 radical (unpaired) electrons. The zero-order valence-electron chi connectivity index (χ0n) is 9.58. The molecule has 2 aromatic heterocycles. The number of carbonyl (C=O) groups excluding carboxylic acids is 1. The lowest BCUT2D eigenvalue weighted by molar-refractivity contribution is 0.0931. The highest BCUT2D eigenvalue weighted by atomic mass is 16.1. The van der Waals surface area contributed by atoms with E-state index in [9.17, 15) is 4.79 Å². The average Bonchev–Trinajstić information content (AvgIpc) is 2.82. The van der Waals surface area contributed by atoms with Gasteiger partial charge in [-0.1, -0.05) is 6.07 Å². The molecule has 1 atom stereocenters. The molecule has 5 heteroatoms. The molecule has 5 nitrogen and oxygen atoms in total. The number of aromatic nitrogens is 3. The molecule has 0 saturated carbocycles. The number of rotatable bonds is 4. The molecule has 0 aliphatic heterocycles. The van der Waals surface area contributed by atoms with Gasteiger partial charge in [-0.25, -0.2) is 0 Å². The Balaban J connectivity index is 1.91. The zero-order chi connectivity index (χ0) is 12.1. The SMILES string of the molecule is C[C@H](Cn1cccn1)NC(=O)c1ccccn1.